The van der Waals surface area contributed by atoms with Crippen LogP contribution in [0.1, 0.15) is 30.4 Å². The van der Waals surface area contributed by atoms with Crippen LogP contribution < -0.4 is 4.74 Å². The summed E-state index contributed by atoms with van der Waals surface area (Å²) < 4.78 is 6.08. The van der Waals surface area contributed by atoms with Gasteiger partial charge in [-0.1, -0.05) is 12.1 Å². The van der Waals surface area contributed by atoms with Gasteiger partial charge >= 0.3 is 0 Å². The predicted octanol–water partition coefficient (Wildman–Crippen LogP) is 1.51. The van der Waals surface area contributed by atoms with Crippen LogP contribution in [-0.2, 0) is 11.8 Å². The zero-order valence-corrected chi connectivity index (χ0v) is 14.8. The Morgan fingerprint density at radius 2 is 2.16 bits per heavy atom. The molecule has 0 radical (unpaired) electrons. The summed E-state index contributed by atoms with van der Waals surface area (Å²) in [5.74, 6) is 0.589. The van der Waals surface area contributed by atoms with Gasteiger partial charge in [0.15, 0.2) is 11.5 Å². The molecule has 4 aliphatic rings. The van der Waals surface area contributed by atoms with Crippen LogP contribution in [0.25, 0.3) is 0 Å². The lowest BCUT2D eigenvalue weighted by atomic mass is 9.48. The number of aliphatic hydroxyl groups excluding tert-OH is 1. The topological polar surface area (TPSA) is 73.2 Å². The lowest BCUT2D eigenvalue weighted by molar-refractivity contribution is -0.206. The number of ether oxygens (including phenoxy) is 1. The average Bonchev–Trinajstić information content (AvgIpc) is 2.91. The zero-order valence-electron chi connectivity index (χ0n) is 14.0. The molecule has 25 heavy (non-hydrogen) atoms. The Hall–Kier alpha value is -1.27. The number of piperidine rings is 1. The quantitative estimate of drug-likeness (QED) is 0.693. The Labute approximate surface area is 153 Å². The molecule has 0 amide bonds. The minimum atomic E-state index is -0.940. The fraction of sp³-hybridized carbons (Fsp3) is 0.579. The molecule has 0 aromatic heterocycles. The van der Waals surface area contributed by atoms with E-state index in [4.69, 9.17) is 4.74 Å². The number of rotatable bonds is 2. The van der Waals surface area contributed by atoms with Crippen LogP contribution in [-0.4, -0.2) is 57.2 Å². The van der Waals surface area contributed by atoms with Crippen molar-refractivity contribution in [2.24, 2.45) is 0 Å². The molecule has 6 heteroatoms. The Morgan fingerprint density at radius 3 is 2.92 bits per heavy atom. The van der Waals surface area contributed by atoms with Crippen LogP contribution in [0, 0.1) is 0 Å². The second-order valence-corrected chi connectivity index (χ2v) is 7.74. The van der Waals surface area contributed by atoms with E-state index in [2.05, 4.69) is 11.5 Å². The number of aliphatic hydroxyl groups is 2. The number of likely N-dealkylation sites (tertiary alicyclic amines) is 1. The van der Waals surface area contributed by atoms with Gasteiger partial charge in [-0.2, -0.15) is 0 Å². The number of phenolic OH excluding ortho intramolecular Hbond substituents is 1. The molecule has 1 aromatic carbocycles. The molecule has 1 spiro atoms. The summed E-state index contributed by atoms with van der Waals surface area (Å²) in [4.78, 5) is 2.31. The molecule has 2 aliphatic heterocycles. The fourth-order valence-electron chi connectivity index (χ4n) is 5.99. The van der Waals surface area contributed by atoms with Crippen molar-refractivity contribution < 1.29 is 20.1 Å². The maximum Gasteiger partial charge on any atom is 0.165 e. The molecule has 1 saturated heterocycles. The Morgan fingerprint density at radius 1 is 1.36 bits per heavy atom. The van der Waals surface area contributed by atoms with Crippen LogP contribution in [0.2, 0.25) is 0 Å². The second-order valence-electron chi connectivity index (χ2n) is 7.74. The molecule has 1 aromatic rings. The molecular weight excluding hydrogens is 342 g/mol. The van der Waals surface area contributed by atoms with Gasteiger partial charge in [0.05, 0.1) is 17.1 Å². The standard InChI is InChI=1S/C19H23NO4.ClH/c1-2-8-20-9-7-18-15-11-3-4-12(21)16(15)24-17(18)13(22)5-6-19(18,23)14(20)10-11;/h2-4,13-14,17,21-23H,1,5-10H2;1H/t13-,14-,17?,18+,19-;/m1./s1. The summed E-state index contributed by atoms with van der Waals surface area (Å²) in [6.07, 6.45) is 3.33. The van der Waals surface area contributed by atoms with Crippen molar-refractivity contribution in [2.75, 3.05) is 13.1 Å². The summed E-state index contributed by atoms with van der Waals surface area (Å²) >= 11 is 0. The first-order chi connectivity index (χ1) is 11.5. The van der Waals surface area contributed by atoms with Crippen molar-refractivity contribution in [3.8, 4) is 11.5 Å². The summed E-state index contributed by atoms with van der Waals surface area (Å²) in [5.41, 5.74) is 0.518. The molecule has 2 heterocycles. The molecule has 1 unspecified atom stereocenters. The lowest BCUT2D eigenvalue weighted by Crippen LogP contribution is -2.77. The second kappa shape index (κ2) is 5.36. The van der Waals surface area contributed by atoms with Gasteiger partial charge in [-0.15, -0.1) is 19.0 Å². The molecule has 5 nitrogen and oxygen atoms in total. The Bertz CT molecular complexity index is 740. The highest BCUT2D eigenvalue weighted by Crippen LogP contribution is 2.65. The van der Waals surface area contributed by atoms with Crippen molar-refractivity contribution in [3.05, 3.63) is 35.9 Å². The highest BCUT2D eigenvalue weighted by molar-refractivity contribution is 5.85. The van der Waals surface area contributed by atoms with Crippen LogP contribution in [0.3, 0.4) is 0 Å². The molecule has 2 aliphatic carbocycles. The summed E-state index contributed by atoms with van der Waals surface area (Å²) in [7, 11) is 0. The van der Waals surface area contributed by atoms with E-state index in [-0.39, 0.29) is 24.2 Å². The van der Waals surface area contributed by atoms with E-state index in [0.29, 0.717) is 18.6 Å². The highest BCUT2D eigenvalue weighted by Gasteiger charge is 2.72. The third kappa shape index (κ3) is 1.80. The number of hydrogen-bond acceptors (Lipinski definition) is 5. The maximum atomic E-state index is 11.9. The van der Waals surface area contributed by atoms with Crippen LogP contribution in [0.5, 0.6) is 11.5 Å². The van der Waals surface area contributed by atoms with E-state index in [1.807, 2.05) is 12.1 Å². The first-order valence-corrected chi connectivity index (χ1v) is 8.80. The van der Waals surface area contributed by atoms with Gasteiger partial charge in [0.2, 0.25) is 0 Å². The van der Waals surface area contributed by atoms with Gasteiger partial charge in [-0.05, 0) is 43.9 Å². The predicted molar refractivity (Wildman–Crippen MR) is 95.5 cm³/mol. The lowest BCUT2D eigenvalue weighted by Gasteiger charge is -2.63. The van der Waals surface area contributed by atoms with Crippen LogP contribution >= 0.6 is 12.4 Å². The van der Waals surface area contributed by atoms with E-state index < -0.39 is 23.2 Å². The van der Waals surface area contributed by atoms with Crippen molar-refractivity contribution in [1.82, 2.24) is 4.90 Å². The third-order valence-electron chi connectivity index (χ3n) is 6.91. The molecule has 2 fully saturated rings. The summed E-state index contributed by atoms with van der Waals surface area (Å²) in [6.45, 7) is 5.44. The first-order valence-electron chi connectivity index (χ1n) is 8.80. The molecule has 1 saturated carbocycles. The number of nitrogens with zero attached hydrogens (tertiary/aromatic N) is 1. The molecule has 2 bridgehead atoms. The number of phenols is 1. The van der Waals surface area contributed by atoms with E-state index in [1.54, 1.807) is 6.07 Å². The maximum absolute atomic E-state index is 11.9. The summed E-state index contributed by atoms with van der Waals surface area (Å²) in [6, 6.07) is 3.62. The van der Waals surface area contributed by atoms with Gasteiger partial charge in [0, 0.05) is 18.2 Å². The van der Waals surface area contributed by atoms with E-state index in [0.717, 1.165) is 37.1 Å². The molecular formula is C19H24ClNO4. The highest BCUT2D eigenvalue weighted by atomic mass is 35.5. The molecule has 136 valence electrons. The smallest absolute Gasteiger partial charge is 0.165 e. The van der Waals surface area contributed by atoms with Gasteiger partial charge in [0.1, 0.15) is 6.10 Å². The minimum Gasteiger partial charge on any atom is -0.504 e. The number of halogens is 1. The Balaban J connectivity index is 0.00000157. The first kappa shape index (κ1) is 17.2. The monoisotopic (exact) mass is 365 g/mol. The molecule has 5 atom stereocenters. The van der Waals surface area contributed by atoms with Crippen molar-refractivity contribution in [2.45, 2.75) is 54.9 Å². The largest absolute Gasteiger partial charge is 0.504 e. The number of aromatic hydroxyl groups is 1. The SMILES string of the molecule is C=CCN1CC[C@]23c4c5ccc(O)c4OC2[C@H](O)CC[C@@]3(O)[C@H]1C5.Cl. The molecule has 3 N–H and O–H groups in total. The van der Waals surface area contributed by atoms with E-state index in [9.17, 15) is 15.3 Å². The van der Waals surface area contributed by atoms with Crippen LogP contribution in [0.4, 0.5) is 0 Å². The van der Waals surface area contributed by atoms with Crippen molar-refractivity contribution in [1.29, 1.82) is 0 Å². The van der Waals surface area contributed by atoms with Gasteiger partial charge < -0.3 is 20.1 Å². The average molecular weight is 366 g/mol. The van der Waals surface area contributed by atoms with Gasteiger partial charge in [-0.25, -0.2) is 0 Å². The third-order valence-corrected chi connectivity index (χ3v) is 6.91. The van der Waals surface area contributed by atoms with Crippen molar-refractivity contribution in [3.63, 3.8) is 0 Å². The van der Waals surface area contributed by atoms with Gasteiger partial charge in [-0.3, -0.25) is 4.90 Å². The number of hydrogen-bond donors (Lipinski definition) is 3. The van der Waals surface area contributed by atoms with Crippen LogP contribution in [0.15, 0.2) is 24.8 Å². The minimum absolute atomic E-state index is 0. The normalized spacial score (nSPS) is 40.6. The number of benzene rings is 1. The van der Waals surface area contributed by atoms with E-state index >= 15 is 0 Å². The molecule has 5 rings (SSSR count). The summed E-state index contributed by atoms with van der Waals surface area (Å²) in [5, 5.41) is 32.8. The van der Waals surface area contributed by atoms with Crippen molar-refractivity contribution >= 4 is 12.4 Å². The van der Waals surface area contributed by atoms with Gasteiger partial charge in [0.25, 0.3) is 0 Å². The van der Waals surface area contributed by atoms with E-state index in [1.165, 1.54) is 0 Å². The zero-order chi connectivity index (χ0) is 16.7. The fourth-order valence-corrected chi connectivity index (χ4v) is 5.99. The Kier molecular flexibility index (Phi) is 3.68.